The van der Waals surface area contributed by atoms with Gasteiger partial charge in [-0.05, 0) is 20.8 Å². The summed E-state index contributed by atoms with van der Waals surface area (Å²) in [5.74, 6) is -3.31. The normalized spacial score (nSPS) is 21.4. The van der Waals surface area contributed by atoms with Crippen LogP contribution in [0.3, 0.4) is 0 Å². The lowest BCUT2D eigenvalue weighted by molar-refractivity contribution is -0.166. The smallest absolute Gasteiger partial charge is 0.408 e. The van der Waals surface area contributed by atoms with E-state index in [-0.39, 0.29) is 29.9 Å². The third kappa shape index (κ3) is 7.62. The molecule has 0 aromatic carbocycles. The number of aromatic nitrogens is 4. The number of amides is 1. The maximum Gasteiger partial charge on any atom is 0.408 e. The molecule has 0 unspecified atom stereocenters. The van der Waals surface area contributed by atoms with E-state index in [0.29, 0.717) is 0 Å². The molecule has 1 aliphatic rings. The molecule has 16 heteroatoms. The minimum Gasteiger partial charge on any atom is -0.480 e. The molecule has 0 radical (unpaired) electrons. The number of alkyl carbamates (subject to hydrolysis) is 1. The number of carboxylic acids is 1. The SMILES string of the molecule is CC(=O)OC[C@H]1O[C@@H](n2cnc3c(C[C@@H](NC(=O)OC(C)(C)C)C(=O)O)ncnc32)[C@H](OC(C)=O)[C@@H]1OC(C)=O. The third-order valence-corrected chi connectivity index (χ3v) is 5.44. The zero-order valence-corrected chi connectivity index (χ0v) is 22.8. The molecule has 1 fully saturated rings. The van der Waals surface area contributed by atoms with Gasteiger partial charge in [0.1, 0.15) is 36.2 Å². The van der Waals surface area contributed by atoms with Gasteiger partial charge in [0.25, 0.3) is 0 Å². The van der Waals surface area contributed by atoms with E-state index in [0.717, 1.165) is 20.2 Å². The molecule has 0 aliphatic carbocycles. The molecule has 40 heavy (non-hydrogen) atoms. The van der Waals surface area contributed by atoms with E-state index in [1.165, 1.54) is 17.8 Å². The molecule has 0 saturated carbocycles. The quantitative estimate of drug-likeness (QED) is 0.316. The van der Waals surface area contributed by atoms with Crippen LogP contribution in [-0.2, 0) is 49.3 Å². The Bertz CT molecular complexity index is 1290. The molecular weight excluding hydrogens is 534 g/mol. The zero-order valence-electron chi connectivity index (χ0n) is 22.8. The van der Waals surface area contributed by atoms with Crippen molar-refractivity contribution in [1.29, 1.82) is 0 Å². The van der Waals surface area contributed by atoms with Crippen molar-refractivity contribution in [1.82, 2.24) is 24.8 Å². The first-order valence-corrected chi connectivity index (χ1v) is 12.2. The predicted octanol–water partition coefficient (Wildman–Crippen LogP) is 0.671. The molecule has 0 bridgehead atoms. The van der Waals surface area contributed by atoms with Crippen LogP contribution >= 0.6 is 0 Å². The molecule has 16 nitrogen and oxygen atoms in total. The number of carboxylic acid groups (broad SMARTS) is 1. The van der Waals surface area contributed by atoms with Crippen molar-refractivity contribution in [2.45, 2.75) is 84.1 Å². The van der Waals surface area contributed by atoms with Crippen LogP contribution in [0.4, 0.5) is 4.79 Å². The van der Waals surface area contributed by atoms with Crippen molar-refractivity contribution in [2.75, 3.05) is 6.61 Å². The Hall–Kier alpha value is -4.34. The van der Waals surface area contributed by atoms with Gasteiger partial charge in [-0.15, -0.1) is 0 Å². The number of nitrogens with one attached hydrogen (secondary N) is 1. The number of fused-ring (bicyclic) bond motifs is 1. The molecule has 218 valence electrons. The molecule has 3 heterocycles. The number of hydrogen-bond acceptors (Lipinski definition) is 13. The minimum atomic E-state index is -1.41. The van der Waals surface area contributed by atoms with Gasteiger partial charge in [-0.1, -0.05) is 0 Å². The van der Waals surface area contributed by atoms with E-state index in [1.807, 2.05) is 0 Å². The van der Waals surface area contributed by atoms with Gasteiger partial charge in [-0.3, -0.25) is 19.0 Å². The van der Waals surface area contributed by atoms with Gasteiger partial charge in [0, 0.05) is 27.2 Å². The van der Waals surface area contributed by atoms with E-state index < -0.39 is 66.2 Å². The second-order valence-corrected chi connectivity index (χ2v) is 9.90. The van der Waals surface area contributed by atoms with E-state index in [1.54, 1.807) is 20.8 Å². The van der Waals surface area contributed by atoms with Gasteiger partial charge in [-0.25, -0.2) is 24.5 Å². The van der Waals surface area contributed by atoms with Crippen LogP contribution in [0.1, 0.15) is 53.5 Å². The van der Waals surface area contributed by atoms with Crippen LogP contribution in [0.15, 0.2) is 12.7 Å². The standard InChI is InChI=1S/C24H31N5O11/c1-11(30)36-8-16-18(37-12(2)31)19(38-13(3)32)21(39-16)29-10-27-17-14(25-9-26-20(17)29)7-15(22(33)34)28-23(35)40-24(4,5)6/h9-10,15-16,18-19,21H,7-8H2,1-6H3,(H,28,35)(H,33,34)/t15-,16-,18-,19-,21-/m1/s1. The monoisotopic (exact) mass is 565 g/mol. The van der Waals surface area contributed by atoms with Crippen LogP contribution in [0.2, 0.25) is 0 Å². The summed E-state index contributed by atoms with van der Waals surface area (Å²) < 4.78 is 28.4. The molecular formula is C24H31N5O11. The lowest BCUT2D eigenvalue weighted by atomic mass is 10.1. The molecule has 2 N–H and O–H groups in total. The van der Waals surface area contributed by atoms with Crippen molar-refractivity contribution in [3.8, 4) is 0 Å². The van der Waals surface area contributed by atoms with Crippen molar-refractivity contribution in [2.24, 2.45) is 0 Å². The molecule has 1 aliphatic heterocycles. The minimum absolute atomic E-state index is 0.170. The zero-order chi connectivity index (χ0) is 29.8. The molecule has 1 saturated heterocycles. The lowest BCUT2D eigenvalue weighted by Crippen LogP contribution is -2.44. The number of carbonyl (C=O) groups is 5. The number of rotatable bonds is 9. The highest BCUT2D eigenvalue weighted by atomic mass is 16.7. The van der Waals surface area contributed by atoms with E-state index in [2.05, 4.69) is 20.3 Å². The first-order valence-electron chi connectivity index (χ1n) is 12.2. The first-order chi connectivity index (χ1) is 18.7. The Morgan fingerprint density at radius 1 is 1.02 bits per heavy atom. The summed E-state index contributed by atoms with van der Waals surface area (Å²) in [5, 5.41) is 12.0. The van der Waals surface area contributed by atoms with Gasteiger partial charge in [0.2, 0.25) is 0 Å². The van der Waals surface area contributed by atoms with Crippen LogP contribution in [0, 0.1) is 0 Å². The van der Waals surface area contributed by atoms with E-state index in [9.17, 15) is 29.1 Å². The summed E-state index contributed by atoms with van der Waals surface area (Å²) in [6.45, 7) is 8.14. The fourth-order valence-corrected chi connectivity index (χ4v) is 4.00. The van der Waals surface area contributed by atoms with Gasteiger partial charge >= 0.3 is 30.0 Å². The Kier molecular flexibility index (Phi) is 9.24. The summed E-state index contributed by atoms with van der Waals surface area (Å²) >= 11 is 0. The van der Waals surface area contributed by atoms with Gasteiger partial charge in [0.05, 0.1) is 12.0 Å². The van der Waals surface area contributed by atoms with Crippen molar-refractivity contribution >= 4 is 41.1 Å². The molecule has 3 rings (SSSR count). The molecule has 2 aromatic rings. The molecule has 1 amide bonds. The fourth-order valence-electron chi connectivity index (χ4n) is 4.00. The van der Waals surface area contributed by atoms with E-state index in [4.69, 9.17) is 23.7 Å². The van der Waals surface area contributed by atoms with Gasteiger partial charge in [0.15, 0.2) is 24.1 Å². The fraction of sp³-hybridized carbons (Fsp3) is 0.583. The van der Waals surface area contributed by atoms with Crippen molar-refractivity contribution < 1.29 is 52.8 Å². The second kappa shape index (κ2) is 12.2. The lowest BCUT2D eigenvalue weighted by Gasteiger charge is -2.23. The highest BCUT2D eigenvalue weighted by molar-refractivity contribution is 5.81. The van der Waals surface area contributed by atoms with Crippen LogP contribution < -0.4 is 5.32 Å². The number of imidazole rings is 1. The number of esters is 3. The summed E-state index contributed by atoms with van der Waals surface area (Å²) in [6, 6.07) is -1.41. The van der Waals surface area contributed by atoms with Crippen molar-refractivity contribution in [3.05, 3.63) is 18.3 Å². The summed E-state index contributed by atoms with van der Waals surface area (Å²) in [5.41, 5.74) is -0.312. The number of hydrogen-bond donors (Lipinski definition) is 2. The Balaban J connectivity index is 1.95. The Morgan fingerprint density at radius 3 is 2.25 bits per heavy atom. The second-order valence-electron chi connectivity index (χ2n) is 9.90. The van der Waals surface area contributed by atoms with Gasteiger partial charge in [-0.2, -0.15) is 0 Å². The molecule has 5 atom stereocenters. The van der Waals surface area contributed by atoms with Crippen molar-refractivity contribution in [3.63, 3.8) is 0 Å². The number of aliphatic carboxylic acids is 1. The number of nitrogens with zero attached hydrogens (tertiary/aromatic N) is 4. The number of carbonyl (C=O) groups excluding carboxylic acids is 4. The van der Waals surface area contributed by atoms with E-state index >= 15 is 0 Å². The highest BCUT2D eigenvalue weighted by Crippen LogP contribution is 2.36. The van der Waals surface area contributed by atoms with Crippen LogP contribution in [0.25, 0.3) is 11.2 Å². The average molecular weight is 566 g/mol. The highest BCUT2D eigenvalue weighted by Gasteiger charge is 2.51. The first kappa shape index (κ1) is 30.2. The topological polar surface area (TPSA) is 207 Å². The summed E-state index contributed by atoms with van der Waals surface area (Å²) in [4.78, 5) is 71.9. The largest absolute Gasteiger partial charge is 0.480 e. The van der Waals surface area contributed by atoms with Crippen LogP contribution in [-0.4, -0.2) is 91.2 Å². The van der Waals surface area contributed by atoms with Gasteiger partial charge < -0.3 is 34.1 Å². The Labute approximate surface area is 228 Å². The molecule has 2 aromatic heterocycles. The maximum atomic E-state index is 12.2. The maximum absolute atomic E-state index is 12.2. The van der Waals surface area contributed by atoms with Crippen LogP contribution in [0.5, 0.6) is 0 Å². The third-order valence-electron chi connectivity index (χ3n) is 5.44. The predicted molar refractivity (Wildman–Crippen MR) is 131 cm³/mol. The Morgan fingerprint density at radius 2 is 1.68 bits per heavy atom. The summed E-state index contributed by atoms with van der Waals surface area (Å²) in [6.07, 6.45) is -3.17. The average Bonchev–Trinajstić information content (AvgIpc) is 3.37. The summed E-state index contributed by atoms with van der Waals surface area (Å²) in [7, 11) is 0. The number of ether oxygens (including phenoxy) is 5. The molecule has 0 spiro atoms.